The van der Waals surface area contributed by atoms with Crippen molar-refractivity contribution in [2.45, 2.75) is 51.8 Å². The highest BCUT2D eigenvalue weighted by atomic mass is 127. The van der Waals surface area contributed by atoms with Crippen molar-refractivity contribution in [1.29, 1.82) is 0 Å². The van der Waals surface area contributed by atoms with Crippen molar-refractivity contribution in [3.8, 4) is 0 Å². The van der Waals surface area contributed by atoms with E-state index >= 15 is 0 Å². The van der Waals surface area contributed by atoms with Crippen LogP contribution >= 0.6 is 35.3 Å². The molecule has 7 heteroatoms. The maximum Gasteiger partial charge on any atom is 0.191 e. The number of guanidine groups is 1. The molecule has 1 aromatic heterocycles. The number of aliphatic imine (C=N–C) groups is 1. The maximum absolute atomic E-state index is 10.7. The first-order chi connectivity index (χ1) is 13.2. The molecule has 4 N–H and O–H groups in total. The molecular weight excluding hydrogens is 495 g/mol. The molecule has 1 aromatic carbocycles. The molecule has 0 saturated heterocycles. The largest absolute Gasteiger partial charge is 0.383 e. The first-order valence-electron chi connectivity index (χ1n) is 9.85. The van der Waals surface area contributed by atoms with Gasteiger partial charge in [0, 0.05) is 23.0 Å². The fourth-order valence-electron chi connectivity index (χ4n) is 3.00. The highest BCUT2D eigenvalue weighted by molar-refractivity contribution is 14.0. The lowest BCUT2D eigenvalue weighted by Gasteiger charge is -2.30. The molecule has 0 bridgehead atoms. The van der Waals surface area contributed by atoms with Crippen molar-refractivity contribution < 1.29 is 5.11 Å². The van der Waals surface area contributed by atoms with E-state index in [1.165, 1.54) is 5.56 Å². The summed E-state index contributed by atoms with van der Waals surface area (Å²) in [4.78, 5) is 5.68. The van der Waals surface area contributed by atoms with Crippen LogP contribution in [0.15, 0.2) is 52.8 Å². The van der Waals surface area contributed by atoms with E-state index in [4.69, 9.17) is 4.99 Å². The van der Waals surface area contributed by atoms with Gasteiger partial charge in [0.2, 0.25) is 0 Å². The van der Waals surface area contributed by atoms with E-state index in [-0.39, 0.29) is 35.6 Å². The highest BCUT2D eigenvalue weighted by Crippen LogP contribution is 2.24. The Morgan fingerprint density at radius 3 is 2.38 bits per heavy atom. The fraction of sp³-hybridized carbons (Fsp3) is 0.500. The molecule has 2 aromatic rings. The van der Waals surface area contributed by atoms with Crippen LogP contribution in [0.25, 0.3) is 0 Å². The van der Waals surface area contributed by atoms with Crippen LogP contribution < -0.4 is 16.0 Å². The molecule has 0 aliphatic heterocycles. The van der Waals surface area contributed by atoms with Gasteiger partial charge in [-0.2, -0.15) is 0 Å². The molecule has 5 nitrogen and oxygen atoms in total. The van der Waals surface area contributed by atoms with E-state index in [1.54, 1.807) is 11.3 Å². The van der Waals surface area contributed by atoms with Gasteiger partial charge in [-0.15, -0.1) is 35.3 Å². The zero-order valence-electron chi connectivity index (χ0n) is 18.0. The molecule has 29 heavy (non-hydrogen) atoms. The molecule has 2 rings (SSSR count). The highest BCUT2D eigenvalue weighted by Gasteiger charge is 2.25. The van der Waals surface area contributed by atoms with E-state index in [0.29, 0.717) is 19.0 Å². The number of hydrogen-bond acceptors (Lipinski definition) is 4. The topological polar surface area (TPSA) is 68.7 Å². The quantitative estimate of drug-likeness (QED) is 0.222. The molecule has 162 valence electrons. The number of hydrogen-bond donors (Lipinski definition) is 4. The summed E-state index contributed by atoms with van der Waals surface area (Å²) in [7, 11) is 0. The third-order valence-electron chi connectivity index (χ3n) is 4.54. The Kier molecular flexibility index (Phi) is 10.6. The normalized spacial score (nSPS) is 15.2. The SMILES string of the molecule is CCNC(=NCC(C)(C)NC(C)c1ccccc1)NCC(C)(O)c1cccs1.I. The average Bonchev–Trinajstić information content (AvgIpc) is 3.20. The fourth-order valence-corrected chi connectivity index (χ4v) is 3.79. The molecular formula is C22H35IN4OS. The Bertz CT molecular complexity index is 733. The van der Waals surface area contributed by atoms with Crippen molar-refractivity contribution in [3.05, 3.63) is 58.3 Å². The van der Waals surface area contributed by atoms with Gasteiger partial charge in [0.25, 0.3) is 0 Å². The number of rotatable bonds is 9. The van der Waals surface area contributed by atoms with E-state index in [9.17, 15) is 5.11 Å². The van der Waals surface area contributed by atoms with Crippen molar-refractivity contribution in [2.24, 2.45) is 4.99 Å². The molecule has 0 saturated carbocycles. The van der Waals surface area contributed by atoms with E-state index in [0.717, 1.165) is 11.4 Å². The van der Waals surface area contributed by atoms with Gasteiger partial charge in [-0.25, -0.2) is 0 Å². The standard InChI is InChI=1S/C22H34N4OS.HI/c1-6-23-20(25-16-22(5,27)19-13-10-14-28-19)24-15-21(3,4)26-17(2)18-11-8-7-9-12-18;/h7-14,17,26-27H,6,15-16H2,1-5H3,(H2,23,24,25);1H. The Labute approximate surface area is 196 Å². The minimum Gasteiger partial charge on any atom is -0.383 e. The lowest BCUT2D eigenvalue weighted by Crippen LogP contribution is -2.47. The van der Waals surface area contributed by atoms with Crippen LogP contribution in [0.4, 0.5) is 0 Å². The number of halogens is 1. The van der Waals surface area contributed by atoms with Crippen molar-refractivity contribution in [1.82, 2.24) is 16.0 Å². The minimum atomic E-state index is -0.931. The summed E-state index contributed by atoms with van der Waals surface area (Å²) in [6.45, 7) is 12.1. The van der Waals surface area contributed by atoms with E-state index in [1.807, 2.05) is 37.4 Å². The monoisotopic (exact) mass is 530 g/mol. The zero-order valence-corrected chi connectivity index (χ0v) is 21.2. The predicted octanol–water partition coefficient (Wildman–Crippen LogP) is 4.26. The summed E-state index contributed by atoms with van der Waals surface area (Å²) >= 11 is 1.56. The van der Waals surface area contributed by atoms with Crippen LogP contribution in [-0.4, -0.2) is 36.2 Å². The second kappa shape index (κ2) is 11.9. The van der Waals surface area contributed by atoms with Gasteiger partial charge in [-0.1, -0.05) is 36.4 Å². The van der Waals surface area contributed by atoms with Gasteiger partial charge < -0.3 is 21.1 Å². The average molecular weight is 531 g/mol. The van der Waals surface area contributed by atoms with Gasteiger partial charge in [0.15, 0.2) is 5.96 Å². The first-order valence-corrected chi connectivity index (χ1v) is 10.7. The van der Waals surface area contributed by atoms with Crippen LogP contribution in [0.1, 0.15) is 51.1 Å². The molecule has 2 unspecified atom stereocenters. The number of nitrogens with one attached hydrogen (secondary N) is 3. The molecule has 0 amide bonds. The van der Waals surface area contributed by atoms with Gasteiger partial charge in [-0.3, -0.25) is 4.99 Å². The number of nitrogens with zero attached hydrogens (tertiary/aromatic N) is 1. The molecule has 0 radical (unpaired) electrons. The minimum absolute atomic E-state index is 0. The van der Waals surface area contributed by atoms with Crippen LogP contribution in [0, 0.1) is 0 Å². The third-order valence-corrected chi connectivity index (χ3v) is 5.66. The molecule has 1 heterocycles. The van der Waals surface area contributed by atoms with Gasteiger partial charge in [0.05, 0.1) is 13.1 Å². The molecule has 0 aliphatic carbocycles. The van der Waals surface area contributed by atoms with Crippen LogP contribution in [0.2, 0.25) is 0 Å². The van der Waals surface area contributed by atoms with Gasteiger partial charge in [-0.05, 0) is 51.6 Å². The van der Waals surface area contributed by atoms with Crippen molar-refractivity contribution in [2.75, 3.05) is 19.6 Å². The molecule has 2 atom stereocenters. The summed E-state index contributed by atoms with van der Waals surface area (Å²) in [5.41, 5.74) is 0.157. The Hall–Kier alpha value is -1.16. The molecule has 0 spiro atoms. The third kappa shape index (κ3) is 8.62. The summed E-state index contributed by atoms with van der Waals surface area (Å²) in [5, 5.41) is 22.9. The van der Waals surface area contributed by atoms with E-state index < -0.39 is 5.60 Å². The number of benzene rings is 1. The van der Waals surface area contributed by atoms with Crippen molar-refractivity contribution >= 4 is 41.3 Å². The summed E-state index contributed by atoms with van der Waals surface area (Å²) in [6.07, 6.45) is 0. The van der Waals surface area contributed by atoms with Crippen LogP contribution in [0.3, 0.4) is 0 Å². The Morgan fingerprint density at radius 2 is 1.79 bits per heavy atom. The summed E-state index contributed by atoms with van der Waals surface area (Å²) in [5.74, 6) is 0.710. The lowest BCUT2D eigenvalue weighted by molar-refractivity contribution is 0.0655. The molecule has 0 aliphatic rings. The van der Waals surface area contributed by atoms with Gasteiger partial charge in [0.1, 0.15) is 5.60 Å². The second-order valence-electron chi connectivity index (χ2n) is 7.96. The Morgan fingerprint density at radius 1 is 1.10 bits per heavy atom. The first kappa shape index (κ1) is 25.9. The zero-order chi connectivity index (χ0) is 20.6. The van der Waals surface area contributed by atoms with Crippen molar-refractivity contribution in [3.63, 3.8) is 0 Å². The summed E-state index contributed by atoms with van der Waals surface area (Å²) in [6, 6.07) is 14.6. The lowest BCUT2D eigenvalue weighted by atomic mass is 10.0. The molecule has 0 fully saturated rings. The van der Waals surface area contributed by atoms with E-state index in [2.05, 4.69) is 61.0 Å². The van der Waals surface area contributed by atoms with Crippen LogP contribution in [-0.2, 0) is 5.60 Å². The second-order valence-corrected chi connectivity index (χ2v) is 8.91. The summed E-state index contributed by atoms with van der Waals surface area (Å²) < 4.78 is 0. The smallest absolute Gasteiger partial charge is 0.191 e. The number of thiophene rings is 1. The Balaban J connectivity index is 0.00000420. The predicted molar refractivity (Wildman–Crippen MR) is 135 cm³/mol. The van der Waals surface area contributed by atoms with Gasteiger partial charge >= 0.3 is 0 Å². The number of aliphatic hydroxyl groups is 1. The maximum atomic E-state index is 10.7. The van der Waals surface area contributed by atoms with Crippen LogP contribution in [0.5, 0.6) is 0 Å².